The van der Waals surface area contributed by atoms with Crippen molar-refractivity contribution >= 4 is 5.91 Å². The van der Waals surface area contributed by atoms with Gasteiger partial charge in [0.15, 0.2) is 5.82 Å². The summed E-state index contributed by atoms with van der Waals surface area (Å²) in [5.41, 5.74) is 5.18. The van der Waals surface area contributed by atoms with Crippen LogP contribution in [0, 0.1) is 0 Å². The lowest BCUT2D eigenvalue weighted by Crippen LogP contribution is -2.52. The van der Waals surface area contributed by atoms with Gasteiger partial charge in [-0.15, -0.1) is 10.2 Å². The first-order valence-electron chi connectivity index (χ1n) is 5.98. The Morgan fingerprint density at radius 3 is 2.89 bits per heavy atom. The Balaban J connectivity index is 2.10. The number of methoxy groups -OCH3 is 1. The molecule has 0 saturated heterocycles. The third-order valence-electron chi connectivity index (χ3n) is 3.28. The van der Waals surface area contributed by atoms with Gasteiger partial charge >= 0.3 is 0 Å². The number of hydrogen-bond donors (Lipinski definition) is 3. The summed E-state index contributed by atoms with van der Waals surface area (Å²) in [6.07, 6.45) is 3.65. The molecule has 1 heterocycles. The highest BCUT2D eigenvalue weighted by atomic mass is 16.5. The normalized spacial score (nSPS) is 19.7. The number of carbonyl (C=O) groups excluding carboxylic acids is 1. The first-order chi connectivity index (χ1) is 8.68. The molecule has 18 heavy (non-hydrogen) atoms. The van der Waals surface area contributed by atoms with Crippen molar-refractivity contribution < 1.29 is 9.53 Å². The second-order valence-corrected chi connectivity index (χ2v) is 4.58. The molecule has 0 spiro atoms. The first-order valence-corrected chi connectivity index (χ1v) is 5.98. The molecular formula is C10H18N6O2. The first kappa shape index (κ1) is 12.9. The molecule has 1 amide bonds. The van der Waals surface area contributed by atoms with Gasteiger partial charge in [0.2, 0.25) is 5.91 Å². The van der Waals surface area contributed by atoms with E-state index in [1.807, 2.05) is 0 Å². The van der Waals surface area contributed by atoms with Crippen molar-refractivity contribution in [2.75, 3.05) is 13.7 Å². The molecule has 0 aromatic carbocycles. The van der Waals surface area contributed by atoms with Gasteiger partial charge in [-0.3, -0.25) is 4.79 Å². The topological polar surface area (TPSA) is 119 Å². The van der Waals surface area contributed by atoms with Crippen LogP contribution in [-0.4, -0.2) is 46.3 Å². The van der Waals surface area contributed by atoms with E-state index in [4.69, 9.17) is 10.5 Å². The highest BCUT2D eigenvalue weighted by Gasteiger charge is 2.41. The van der Waals surface area contributed by atoms with Crippen LogP contribution in [-0.2, 0) is 15.1 Å². The molecule has 1 aromatic heterocycles. The third-order valence-corrected chi connectivity index (χ3v) is 3.28. The maximum absolute atomic E-state index is 12.0. The minimum atomic E-state index is -0.681. The second-order valence-electron chi connectivity index (χ2n) is 4.58. The van der Waals surface area contributed by atoms with Crippen LogP contribution in [0.2, 0.25) is 0 Å². The van der Waals surface area contributed by atoms with E-state index in [1.54, 1.807) is 0 Å². The zero-order valence-electron chi connectivity index (χ0n) is 10.3. The predicted molar refractivity (Wildman–Crippen MR) is 62.3 cm³/mol. The van der Waals surface area contributed by atoms with Crippen molar-refractivity contribution in [2.45, 2.75) is 37.3 Å². The Labute approximate surface area is 105 Å². The Morgan fingerprint density at radius 2 is 2.33 bits per heavy atom. The molecule has 0 bridgehead atoms. The molecule has 2 rings (SSSR count). The average molecular weight is 254 g/mol. The van der Waals surface area contributed by atoms with Crippen molar-refractivity contribution in [2.24, 2.45) is 5.73 Å². The molecule has 4 N–H and O–H groups in total. The molecule has 100 valence electrons. The fraction of sp³-hybridized carbons (Fsp3) is 0.800. The number of amides is 1. The summed E-state index contributed by atoms with van der Waals surface area (Å²) >= 11 is 0. The molecule has 1 aliphatic carbocycles. The molecule has 0 radical (unpaired) electrons. The van der Waals surface area contributed by atoms with Crippen LogP contribution < -0.4 is 11.1 Å². The predicted octanol–water partition coefficient (Wildman–Crippen LogP) is -0.941. The number of tetrazole rings is 1. The minimum Gasteiger partial charge on any atom is -0.383 e. The number of nitrogens with two attached hydrogens (primary N) is 1. The van der Waals surface area contributed by atoms with E-state index >= 15 is 0 Å². The van der Waals surface area contributed by atoms with Crippen LogP contribution >= 0.6 is 0 Å². The van der Waals surface area contributed by atoms with Crippen molar-refractivity contribution in [3.05, 3.63) is 5.82 Å². The van der Waals surface area contributed by atoms with E-state index in [9.17, 15) is 4.79 Å². The van der Waals surface area contributed by atoms with Gasteiger partial charge < -0.3 is 15.8 Å². The lowest BCUT2D eigenvalue weighted by molar-refractivity contribution is -0.125. The maximum atomic E-state index is 12.0. The summed E-state index contributed by atoms with van der Waals surface area (Å²) in [6.45, 7) is 0.189. The molecule has 1 aromatic rings. The summed E-state index contributed by atoms with van der Waals surface area (Å²) in [7, 11) is 1.51. The number of nitrogens with zero attached hydrogens (tertiary/aromatic N) is 3. The second kappa shape index (κ2) is 5.40. The van der Waals surface area contributed by atoms with Gasteiger partial charge in [0.1, 0.15) is 11.6 Å². The molecule has 1 aliphatic rings. The van der Waals surface area contributed by atoms with Gasteiger partial charge in [0.25, 0.3) is 0 Å². The third kappa shape index (κ3) is 2.49. The van der Waals surface area contributed by atoms with Crippen LogP contribution in [0.3, 0.4) is 0 Å². The summed E-state index contributed by atoms with van der Waals surface area (Å²) in [4.78, 5) is 12.0. The number of carbonyl (C=O) groups is 1. The SMILES string of the molecule is COCC(N)C(=O)NC1(c2nn[nH]n2)CCCC1. The van der Waals surface area contributed by atoms with Crippen molar-refractivity contribution in [3.8, 4) is 0 Å². The fourth-order valence-corrected chi connectivity index (χ4v) is 2.33. The van der Waals surface area contributed by atoms with Crippen LogP contribution in [0.25, 0.3) is 0 Å². The number of aromatic amines is 1. The summed E-state index contributed by atoms with van der Waals surface area (Å²) in [5, 5.41) is 16.9. The quantitative estimate of drug-likeness (QED) is 0.624. The van der Waals surface area contributed by atoms with Crippen molar-refractivity contribution in [3.63, 3.8) is 0 Å². The summed E-state index contributed by atoms with van der Waals surface area (Å²) < 4.78 is 4.88. The smallest absolute Gasteiger partial charge is 0.240 e. The van der Waals surface area contributed by atoms with Gasteiger partial charge in [-0.2, -0.15) is 5.21 Å². The zero-order valence-corrected chi connectivity index (χ0v) is 10.3. The van der Waals surface area contributed by atoms with Gasteiger partial charge in [0.05, 0.1) is 6.61 Å². The number of ether oxygens (including phenoxy) is 1. The zero-order chi connectivity index (χ0) is 13.0. The van der Waals surface area contributed by atoms with E-state index < -0.39 is 11.6 Å². The van der Waals surface area contributed by atoms with Gasteiger partial charge in [-0.25, -0.2) is 0 Å². The van der Waals surface area contributed by atoms with Crippen molar-refractivity contribution in [1.82, 2.24) is 25.9 Å². The Morgan fingerprint density at radius 1 is 1.61 bits per heavy atom. The Kier molecular flexibility index (Phi) is 3.87. The van der Waals surface area contributed by atoms with Gasteiger partial charge in [0, 0.05) is 7.11 Å². The van der Waals surface area contributed by atoms with Crippen LogP contribution in [0.1, 0.15) is 31.5 Å². The molecule has 1 unspecified atom stereocenters. The maximum Gasteiger partial charge on any atom is 0.240 e. The number of rotatable bonds is 5. The standard InChI is InChI=1S/C10H18N6O2/c1-18-6-7(11)8(17)12-10(4-2-3-5-10)9-13-15-16-14-9/h7H,2-6,11H2,1H3,(H,12,17)(H,13,14,15,16). The van der Waals surface area contributed by atoms with E-state index in [-0.39, 0.29) is 12.5 Å². The molecule has 1 atom stereocenters. The van der Waals surface area contributed by atoms with E-state index in [2.05, 4.69) is 25.9 Å². The minimum absolute atomic E-state index is 0.189. The molecule has 8 nitrogen and oxygen atoms in total. The van der Waals surface area contributed by atoms with E-state index in [1.165, 1.54) is 7.11 Å². The number of nitrogens with one attached hydrogen (secondary N) is 2. The van der Waals surface area contributed by atoms with Crippen LogP contribution in [0.15, 0.2) is 0 Å². The number of hydrogen-bond acceptors (Lipinski definition) is 6. The van der Waals surface area contributed by atoms with Gasteiger partial charge in [-0.1, -0.05) is 18.1 Å². The molecule has 1 saturated carbocycles. The van der Waals surface area contributed by atoms with Crippen LogP contribution in [0.5, 0.6) is 0 Å². The van der Waals surface area contributed by atoms with E-state index in [0.29, 0.717) is 5.82 Å². The van der Waals surface area contributed by atoms with Crippen molar-refractivity contribution in [1.29, 1.82) is 0 Å². The Hall–Kier alpha value is -1.54. The Bertz CT molecular complexity index is 387. The summed E-state index contributed by atoms with van der Waals surface area (Å²) in [5.74, 6) is 0.279. The highest BCUT2D eigenvalue weighted by molar-refractivity contribution is 5.82. The number of aromatic nitrogens is 4. The lowest BCUT2D eigenvalue weighted by atomic mass is 9.96. The largest absolute Gasteiger partial charge is 0.383 e. The van der Waals surface area contributed by atoms with Gasteiger partial charge in [-0.05, 0) is 12.8 Å². The highest BCUT2D eigenvalue weighted by Crippen LogP contribution is 2.36. The molecule has 0 aliphatic heterocycles. The average Bonchev–Trinajstić information content (AvgIpc) is 3.00. The molecular weight excluding hydrogens is 236 g/mol. The summed E-state index contributed by atoms with van der Waals surface area (Å²) in [6, 6.07) is -0.681. The number of H-pyrrole nitrogens is 1. The molecule has 8 heteroatoms. The fourth-order valence-electron chi connectivity index (χ4n) is 2.33. The lowest BCUT2D eigenvalue weighted by Gasteiger charge is -2.28. The van der Waals surface area contributed by atoms with Crippen LogP contribution in [0.4, 0.5) is 0 Å². The molecule has 1 fully saturated rings. The monoisotopic (exact) mass is 254 g/mol. The van der Waals surface area contributed by atoms with E-state index in [0.717, 1.165) is 25.7 Å².